The standard InChI is InChI=1S/C24H36N4O2S/c1-19(29)11-4-2-5-13-21(25-15-10-18-28-16-8-3-9-17-28)23(30)27-24-26-20-12-6-7-14-22(20)31-24/h6-7,12,14,21,25H,2-5,8-11,13,15-18H2,1H3,(H,26,27,30)/t21-/m0/s1. The van der Waals surface area contributed by atoms with Gasteiger partial charge in [-0.05, 0) is 77.3 Å². The summed E-state index contributed by atoms with van der Waals surface area (Å²) in [6.07, 6.45) is 9.23. The molecule has 2 aromatic rings. The Kier molecular flexibility index (Phi) is 9.90. The monoisotopic (exact) mass is 444 g/mol. The first-order valence-corrected chi connectivity index (χ1v) is 12.5. The second-order valence-corrected chi connectivity index (χ2v) is 9.57. The maximum atomic E-state index is 13.0. The number of para-hydroxylation sites is 1. The fourth-order valence-electron chi connectivity index (χ4n) is 4.11. The number of carbonyl (C=O) groups excluding carboxylic acids is 2. The van der Waals surface area contributed by atoms with E-state index in [4.69, 9.17) is 0 Å². The van der Waals surface area contributed by atoms with Gasteiger partial charge < -0.3 is 20.3 Å². The highest BCUT2D eigenvalue weighted by Crippen LogP contribution is 2.25. The Labute approximate surface area is 189 Å². The van der Waals surface area contributed by atoms with Crippen molar-refractivity contribution < 1.29 is 9.59 Å². The number of fused-ring (bicyclic) bond motifs is 1. The number of hydrogen-bond acceptors (Lipinski definition) is 6. The molecule has 0 bridgehead atoms. The molecule has 0 radical (unpaired) electrons. The fourth-order valence-corrected chi connectivity index (χ4v) is 4.97. The predicted octanol–water partition coefficient (Wildman–Crippen LogP) is 4.61. The maximum Gasteiger partial charge on any atom is 0.243 e. The molecule has 3 rings (SSSR count). The molecule has 0 unspecified atom stereocenters. The molecule has 1 aliphatic rings. The number of aromatic nitrogens is 1. The summed E-state index contributed by atoms with van der Waals surface area (Å²) in [5, 5.41) is 7.16. The van der Waals surface area contributed by atoms with Crippen LogP contribution in [0.1, 0.15) is 64.7 Å². The van der Waals surface area contributed by atoms with Crippen LogP contribution < -0.4 is 10.6 Å². The van der Waals surface area contributed by atoms with Crippen molar-refractivity contribution in [2.24, 2.45) is 0 Å². The number of Topliss-reactive ketones (excluding diaryl/α,β-unsaturated/α-hetero) is 1. The molecule has 2 N–H and O–H groups in total. The quantitative estimate of drug-likeness (QED) is 0.441. The van der Waals surface area contributed by atoms with Crippen LogP contribution in [0, 0.1) is 0 Å². The van der Waals surface area contributed by atoms with E-state index in [-0.39, 0.29) is 17.7 Å². The largest absolute Gasteiger partial charge is 0.306 e. The molecule has 1 aliphatic heterocycles. The van der Waals surface area contributed by atoms with E-state index in [1.807, 2.05) is 24.3 Å². The van der Waals surface area contributed by atoms with Crippen molar-refractivity contribution in [3.63, 3.8) is 0 Å². The minimum absolute atomic E-state index is 0.0106. The number of hydrogen-bond donors (Lipinski definition) is 2. The summed E-state index contributed by atoms with van der Waals surface area (Å²) in [7, 11) is 0. The van der Waals surface area contributed by atoms with Crippen LogP contribution in [0.3, 0.4) is 0 Å². The van der Waals surface area contributed by atoms with Crippen LogP contribution in [-0.4, -0.2) is 53.8 Å². The Morgan fingerprint density at radius 2 is 1.90 bits per heavy atom. The number of thiazole rings is 1. The third kappa shape index (κ3) is 8.31. The van der Waals surface area contributed by atoms with Crippen molar-refractivity contribution in [1.82, 2.24) is 15.2 Å². The van der Waals surface area contributed by atoms with Crippen molar-refractivity contribution in [3.05, 3.63) is 24.3 Å². The molecule has 6 nitrogen and oxygen atoms in total. The smallest absolute Gasteiger partial charge is 0.243 e. The van der Waals surface area contributed by atoms with E-state index in [1.54, 1.807) is 6.92 Å². The van der Waals surface area contributed by atoms with Crippen LogP contribution in [-0.2, 0) is 9.59 Å². The summed E-state index contributed by atoms with van der Waals surface area (Å²) in [6, 6.07) is 7.70. The highest BCUT2D eigenvalue weighted by Gasteiger charge is 2.19. The van der Waals surface area contributed by atoms with Gasteiger partial charge in [0.05, 0.1) is 16.3 Å². The molecule has 31 heavy (non-hydrogen) atoms. The van der Waals surface area contributed by atoms with Gasteiger partial charge >= 0.3 is 0 Å². The predicted molar refractivity (Wildman–Crippen MR) is 129 cm³/mol. The molecule has 1 atom stereocenters. The summed E-state index contributed by atoms with van der Waals surface area (Å²) < 4.78 is 1.08. The molecule has 1 aromatic heterocycles. The minimum atomic E-state index is -0.231. The fraction of sp³-hybridized carbons (Fsp3) is 0.625. The average Bonchev–Trinajstić information content (AvgIpc) is 3.17. The Bertz CT molecular complexity index is 799. The summed E-state index contributed by atoms with van der Waals surface area (Å²) in [6.45, 7) is 5.98. The number of likely N-dealkylation sites (tertiary alicyclic amines) is 1. The first-order chi connectivity index (χ1) is 15.1. The van der Waals surface area contributed by atoms with Crippen molar-refractivity contribution in [2.45, 2.75) is 70.8 Å². The third-order valence-corrected chi connectivity index (χ3v) is 6.80. The lowest BCUT2D eigenvalue weighted by atomic mass is 10.1. The van der Waals surface area contributed by atoms with Gasteiger partial charge in [-0.15, -0.1) is 0 Å². The van der Waals surface area contributed by atoms with E-state index in [0.717, 1.165) is 55.4 Å². The summed E-state index contributed by atoms with van der Waals surface area (Å²) in [5.74, 6) is 0.226. The van der Waals surface area contributed by atoms with Crippen molar-refractivity contribution >= 4 is 38.4 Å². The molecule has 1 fully saturated rings. The number of rotatable bonds is 13. The van der Waals surface area contributed by atoms with Crippen molar-refractivity contribution in [2.75, 3.05) is 31.5 Å². The number of amides is 1. The first-order valence-electron chi connectivity index (χ1n) is 11.7. The molecule has 1 saturated heterocycles. The molecule has 2 heterocycles. The summed E-state index contributed by atoms with van der Waals surface area (Å²) in [5.41, 5.74) is 0.915. The topological polar surface area (TPSA) is 74.3 Å². The van der Waals surface area contributed by atoms with Crippen LogP contribution in [0.2, 0.25) is 0 Å². The van der Waals surface area contributed by atoms with Gasteiger partial charge in [-0.1, -0.05) is 42.7 Å². The van der Waals surface area contributed by atoms with Crippen LogP contribution in [0.5, 0.6) is 0 Å². The van der Waals surface area contributed by atoms with Crippen LogP contribution >= 0.6 is 11.3 Å². The zero-order chi connectivity index (χ0) is 21.9. The zero-order valence-electron chi connectivity index (χ0n) is 18.7. The number of benzene rings is 1. The lowest BCUT2D eigenvalue weighted by Gasteiger charge is -2.26. The van der Waals surface area contributed by atoms with Gasteiger partial charge in [0.2, 0.25) is 5.91 Å². The van der Waals surface area contributed by atoms with Crippen LogP contribution in [0.25, 0.3) is 10.2 Å². The molecule has 7 heteroatoms. The SMILES string of the molecule is CC(=O)CCCCC[C@H](NCCCN1CCCCC1)C(=O)Nc1nc2ccccc2s1. The molecule has 1 amide bonds. The molecule has 0 aliphatic carbocycles. The van der Waals surface area contributed by atoms with Gasteiger partial charge in [0.25, 0.3) is 0 Å². The number of unbranched alkanes of at least 4 members (excludes halogenated alkanes) is 2. The molecule has 0 spiro atoms. The van der Waals surface area contributed by atoms with Crippen LogP contribution in [0.15, 0.2) is 24.3 Å². The molecule has 0 saturated carbocycles. The van der Waals surface area contributed by atoms with Gasteiger partial charge in [0.1, 0.15) is 5.78 Å². The number of carbonyl (C=O) groups is 2. The second-order valence-electron chi connectivity index (χ2n) is 8.54. The van der Waals surface area contributed by atoms with Gasteiger partial charge in [-0.25, -0.2) is 4.98 Å². The van der Waals surface area contributed by atoms with Gasteiger partial charge in [0.15, 0.2) is 5.13 Å². The number of nitrogens with one attached hydrogen (secondary N) is 2. The van der Waals surface area contributed by atoms with Crippen LogP contribution in [0.4, 0.5) is 5.13 Å². The molecule has 170 valence electrons. The highest BCUT2D eigenvalue weighted by atomic mass is 32.1. The average molecular weight is 445 g/mol. The molecule has 1 aromatic carbocycles. The van der Waals surface area contributed by atoms with Gasteiger partial charge in [0, 0.05) is 6.42 Å². The van der Waals surface area contributed by atoms with E-state index in [0.29, 0.717) is 11.6 Å². The van der Waals surface area contributed by atoms with Gasteiger partial charge in [-0.2, -0.15) is 0 Å². The highest BCUT2D eigenvalue weighted by molar-refractivity contribution is 7.22. The summed E-state index contributed by atoms with van der Waals surface area (Å²) >= 11 is 1.51. The van der Waals surface area contributed by atoms with E-state index in [9.17, 15) is 9.59 Å². The lowest BCUT2D eigenvalue weighted by Crippen LogP contribution is -2.42. The lowest BCUT2D eigenvalue weighted by molar-refractivity contribution is -0.119. The minimum Gasteiger partial charge on any atom is -0.306 e. The van der Waals surface area contributed by atoms with E-state index < -0.39 is 0 Å². The summed E-state index contributed by atoms with van der Waals surface area (Å²) in [4.78, 5) is 31.2. The maximum absolute atomic E-state index is 13.0. The Morgan fingerprint density at radius 3 is 2.68 bits per heavy atom. The molecular weight excluding hydrogens is 408 g/mol. The first kappa shape index (κ1) is 23.8. The van der Waals surface area contributed by atoms with Crippen molar-refractivity contribution in [3.8, 4) is 0 Å². The second kappa shape index (κ2) is 12.9. The van der Waals surface area contributed by atoms with Gasteiger partial charge in [-0.3, -0.25) is 4.79 Å². The van der Waals surface area contributed by atoms with E-state index in [2.05, 4.69) is 20.5 Å². The molecular formula is C24H36N4O2S. The number of anilines is 1. The van der Waals surface area contributed by atoms with E-state index in [1.165, 1.54) is 43.7 Å². The normalized spacial score (nSPS) is 15.8. The Hall–Kier alpha value is -1.83. The number of ketones is 1. The number of piperidine rings is 1. The Balaban J connectivity index is 1.48. The zero-order valence-corrected chi connectivity index (χ0v) is 19.5. The Morgan fingerprint density at radius 1 is 1.10 bits per heavy atom. The van der Waals surface area contributed by atoms with E-state index >= 15 is 0 Å². The number of nitrogens with zero attached hydrogens (tertiary/aromatic N) is 2. The third-order valence-electron chi connectivity index (χ3n) is 5.85. The van der Waals surface area contributed by atoms with Crippen molar-refractivity contribution in [1.29, 1.82) is 0 Å².